The normalized spacial score (nSPS) is 39.4. The first kappa shape index (κ1) is 14.9. The predicted octanol–water partition coefficient (Wildman–Crippen LogP) is 1.85. The number of amides is 1. The summed E-state index contributed by atoms with van der Waals surface area (Å²) in [7, 11) is 0. The van der Waals surface area contributed by atoms with Crippen LogP contribution in [-0.4, -0.2) is 61.0 Å². The molecule has 4 heteroatoms. The molecule has 4 rings (SSSR count). The fourth-order valence-electron chi connectivity index (χ4n) is 5.52. The Morgan fingerprint density at radius 2 is 1.95 bits per heavy atom. The summed E-state index contributed by atoms with van der Waals surface area (Å²) < 4.78 is 0. The Labute approximate surface area is 134 Å². The van der Waals surface area contributed by atoms with E-state index in [0.29, 0.717) is 23.9 Å². The lowest BCUT2D eigenvalue weighted by molar-refractivity contribution is -0.138. The second-order valence-corrected chi connectivity index (χ2v) is 8.23. The first-order valence-corrected chi connectivity index (χ1v) is 9.48. The minimum absolute atomic E-state index is 0.416. The molecule has 1 amide bonds. The van der Waals surface area contributed by atoms with Crippen molar-refractivity contribution < 1.29 is 4.79 Å². The average molecular weight is 305 g/mol. The van der Waals surface area contributed by atoms with E-state index in [-0.39, 0.29) is 0 Å². The molecule has 1 aliphatic carbocycles. The van der Waals surface area contributed by atoms with Crippen LogP contribution in [0.25, 0.3) is 0 Å². The molecule has 4 aliphatic rings. The summed E-state index contributed by atoms with van der Waals surface area (Å²) in [6.07, 6.45) is 10.5. The van der Waals surface area contributed by atoms with Crippen LogP contribution in [0, 0.1) is 11.3 Å². The SMILES string of the molecule is O=C(CN1CCC2(CCNC2)C1)N1CCCC2CCCCC21. The Morgan fingerprint density at radius 3 is 2.82 bits per heavy atom. The zero-order valence-corrected chi connectivity index (χ0v) is 13.9. The van der Waals surface area contributed by atoms with Gasteiger partial charge in [0.2, 0.25) is 5.91 Å². The van der Waals surface area contributed by atoms with Gasteiger partial charge in [-0.3, -0.25) is 9.69 Å². The maximum absolute atomic E-state index is 12.9. The molecule has 0 bridgehead atoms. The van der Waals surface area contributed by atoms with Gasteiger partial charge in [0.15, 0.2) is 0 Å². The first-order chi connectivity index (χ1) is 10.8. The molecule has 0 aromatic carbocycles. The van der Waals surface area contributed by atoms with Gasteiger partial charge in [-0.1, -0.05) is 12.8 Å². The number of likely N-dealkylation sites (tertiary alicyclic amines) is 2. The lowest BCUT2D eigenvalue weighted by atomic mass is 9.78. The second kappa shape index (κ2) is 6.12. The van der Waals surface area contributed by atoms with Crippen LogP contribution in [0.1, 0.15) is 51.4 Å². The molecule has 3 heterocycles. The topological polar surface area (TPSA) is 35.6 Å². The number of hydrogen-bond donors (Lipinski definition) is 1. The predicted molar refractivity (Wildman–Crippen MR) is 87.7 cm³/mol. The largest absolute Gasteiger partial charge is 0.338 e. The fraction of sp³-hybridized carbons (Fsp3) is 0.944. The van der Waals surface area contributed by atoms with E-state index in [1.807, 2.05) is 0 Å². The maximum Gasteiger partial charge on any atom is 0.237 e. The zero-order valence-electron chi connectivity index (χ0n) is 13.9. The maximum atomic E-state index is 12.9. The molecular formula is C18H31N3O. The third kappa shape index (κ3) is 2.80. The molecule has 1 N–H and O–H groups in total. The smallest absolute Gasteiger partial charge is 0.237 e. The second-order valence-electron chi connectivity index (χ2n) is 8.23. The number of fused-ring (bicyclic) bond motifs is 1. The number of nitrogens with zero attached hydrogens (tertiary/aromatic N) is 2. The Kier molecular flexibility index (Phi) is 4.16. The van der Waals surface area contributed by atoms with Crippen LogP contribution in [0.4, 0.5) is 0 Å². The minimum atomic E-state index is 0.416. The monoisotopic (exact) mass is 305 g/mol. The summed E-state index contributed by atoms with van der Waals surface area (Å²) in [5.41, 5.74) is 0.482. The molecule has 3 aliphatic heterocycles. The number of rotatable bonds is 2. The number of hydrogen-bond acceptors (Lipinski definition) is 3. The van der Waals surface area contributed by atoms with E-state index >= 15 is 0 Å². The van der Waals surface area contributed by atoms with Crippen LogP contribution in [-0.2, 0) is 4.79 Å². The van der Waals surface area contributed by atoms with Gasteiger partial charge in [-0.2, -0.15) is 0 Å². The van der Waals surface area contributed by atoms with Crippen molar-refractivity contribution in [2.24, 2.45) is 11.3 Å². The lowest BCUT2D eigenvalue weighted by Gasteiger charge is -2.44. The highest BCUT2D eigenvalue weighted by Gasteiger charge is 2.42. The Hall–Kier alpha value is -0.610. The molecule has 0 radical (unpaired) electrons. The molecule has 0 aromatic heterocycles. The van der Waals surface area contributed by atoms with Crippen molar-refractivity contribution in [1.29, 1.82) is 0 Å². The van der Waals surface area contributed by atoms with Gasteiger partial charge in [-0.05, 0) is 62.9 Å². The van der Waals surface area contributed by atoms with Crippen molar-refractivity contribution in [3.8, 4) is 0 Å². The molecule has 1 spiro atoms. The van der Waals surface area contributed by atoms with Crippen molar-refractivity contribution in [2.45, 2.75) is 57.4 Å². The van der Waals surface area contributed by atoms with Crippen LogP contribution >= 0.6 is 0 Å². The summed E-state index contributed by atoms with van der Waals surface area (Å²) in [6, 6.07) is 0.569. The van der Waals surface area contributed by atoms with Gasteiger partial charge in [0.1, 0.15) is 0 Å². The number of carbonyl (C=O) groups excluding carboxylic acids is 1. The molecule has 3 saturated heterocycles. The average Bonchev–Trinajstić information content (AvgIpc) is 3.17. The highest BCUT2D eigenvalue weighted by Crippen LogP contribution is 2.37. The zero-order chi connectivity index (χ0) is 15.0. The summed E-state index contributed by atoms with van der Waals surface area (Å²) in [6.45, 7) is 6.26. The van der Waals surface area contributed by atoms with Gasteiger partial charge in [-0.25, -0.2) is 0 Å². The summed E-state index contributed by atoms with van der Waals surface area (Å²) in [5, 5.41) is 3.51. The molecule has 3 atom stereocenters. The van der Waals surface area contributed by atoms with Crippen molar-refractivity contribution in [2.75, 3.05) is 39.3 Å². The summed E-state index contributed by atoms with van der Waals surface area (Å²) >= 11 is 0. The minimum Gasteiger partial charge on any atom is -0.338 e. The Morgan fingerprint density at radius 1 is 1.09 bits per heavy atom. The summed E-state index contributed by atoms with van der Waals surface area (Å²) in [4.78, 5) is 17.6. The lowest BCUT2D eigenvalue weighted by Crippen LogP contribution is -2.52. The molecule has 3 unspecified atom stereocenters. The van der Waals surface area contributed by atoms with Gasteiger partial charge < -0.3 is 10.2 Å². The van der Waals surface area contributed by atoms with Crippen molar-refractivity contribution in [3.05, 3.63) is 0 Å². The van der Waals surface area contributed by atoms with E-state index in [4.69, 9.17) is 0 Å². The van der Waals surface area contributed by atoms with Gasteiger partial charge >= 0.3 is 0 Å². The van der Waals surface area contributed by atoms with Crippen molar-refractivity contribution in [1.82, 2.24) is 15.1 Å². The van der Waals surface area contributed by atoms with Gasteiger partial charge in [0.25, 0.3) is 0 Å². The standard InChI is InChI=1S/C18H31N3O/c22-17(12-20-11-8-18(14-20)7-9-19-13-18)21-10-3-5-15-4-1-2-6-16(15)21/h15-16,19H,1-14H2. The molecule has 22 heavy (non-hydrogen) atoms. The van der Waals surface area contributed by atoms with Crippen LogP contribution < -0.4 is 5.32 Å². The highest BCUT2D eigenvalue weighted by atomic mass is 16.2. The third-order valence-corrected chi connectivity index (χ3v) is 6.77. The van der Waals surface area contributed by atoms with E-state index in [1.165, 1.54) is 51.4 Å². The molecule has 4 fully saturated rings. The number of nitrogens with one attached hydrogen (secondary N) is 1. The van der Waals surface area contributed by atoms with E-state index in [2.05, 4.69) is 15.1 Å². The van der Waals surface area contributed by atoms with Gasteiger partial charge in [-0.15, -0.1) is 0 Å². The quantitative estimate of drug-likeness (QED) is 0.846. The third-order valence-electron chi connectivity index (χ3n) is 6.77. The molecule has 4 nitrogen and oxygen atoms in total. The van der Waals surface area contributed by atoms with E-state index < -0.39 is 0 Å². The van der Waals surface area contributed by atoms with Crippen LogP contribution in [0.2, 0.25) is 0 Å². The first-order valence-electron chi connectivity index (χ1n) is 9.48. The van der Waals surface area contributed by atoms with E-state index in [0.717, 1.165) is 38.6 Å². The van der Waals surface area contributed by atoms with Crippen LogP contribution in [0.5, 0.6) is 0 Å². The van der Waals surface area contributed by atoms with Crippen LogP contribution in [0.15, 0.2) is 0 Å². The fourth-order valence-corrected chi connectivity index (χ4v) is 5.52. The number of carbonyl (C=O) groups is 1. The number of piperidine rings is 1. The van der Waals surface area contributed by atoms with Crippen molar-refractivity contribution >= 4 is 5.91 Å². The molecule has 0 aromatic rings. The van der Waals surface area contributed by atoms with Gasteiger partial charge in [0.05, 0.1) is 6.54 Å². The summed E-state index contributed by atoms with van der Waals surface area (Å²) in [5.74, 6) is 1.22. The molecule has 1 saturated carbocycles. The Balaban J connectivity index is 1.35. The van der Waals surface area contributed by atoms with E-state index in [1.54, 1.807) is 0 Å². The van der Waals surface area contributed by atoms with Gasteiger partial charge in [0, 0.05) is 25.7 Å². The molecular weight excluding hydrogens is 274 g/mol. The van der Waals surface area contributed by atoms with Crippen LogP contribution in [0.3, 0.4) is 0 Å². The van der Waals surface area contributed by atoms with Crippen molar-refractivity contribution in [3.63, 3.8) is 0 Å². The molecule has 124 valence electrons. The van der Waals surface area contributed by atoms with E-state index in [9.17, 15) is 4.79 Å². The Bertz CT molecular complexity index is 417. The highest BCUT2D eigenvalue weighted by molar-refractivity contribution is 5.78.